The van der Waals surface area contributed by atoms with Crippen LogP contribution >= 0.6 is 11.8 Å². The smallest absolute Gasteiger partial charge is 0.260 e. The van der Waals surface area contributed by atoms with Crippen molar-refractivity contribution in [1.82, 2.24) is 10.3 Å². The van der Waals surface area contributed by atoms with Gasteiger partial charge in [0.05, 0.1) is 11.1 Å². The van der Waals surface area contributed by atoms with Crippen molar-refractivity contribution in [3.63, 3.8) is 0 Å². The Hall–Kier alpha value is -2.14. The number of carbonyl (C=O) groups is 2. The number of nitrogens with one attached hydrogen (secondary N) is 1. The molecule has 3 rings (SSSR count). The van der Waals surface area contributed by atoms with Crippen molar-refractivity contribution in [2.24, 2.45) is 0 Å². The van der Waals surface area contributed by atoms with Crippen molar-refractivity contribution >= 4 is 23.6 Å². The maximum atomic E-state index is 11.7. The zero-order chi connectivity index (χ0) is 12.5. The minimum absolute atomic E-state index is 0.335. The van der Waals surface area contributed by atoms with E-state index in [1.807, 2.05) is 24.3 Å². The summed E-state index contributed by atoms with van der Waals surface area (Å²) < 4.78 is 0. The number of carbonyl (C=O) groups excluding carboxylic acids is 2. The quantitative estimate of drug-likeness (QED) is 0.836. The minimum Gasteiger partial charge on any atom is -0.288 e. The molecular formula is C13H8N2O2S. The molecule has 18 heavy (non-hydrogen) atoms. The molecule has 2 aromatic rings. The van der Waals surface area contributed by atoms with Gasteiger partial charge in [-0.1, -0.05) is 23.9 Å². The van der Waals surface area contributed by atoms with E-state index in [1.165, 1.54) is 11.8 Å². The van der Waals surface area contributed by atoms with Gasteiger partial charge in [0.25, 0.3) is 11.8 Å². The van der Waals surface area contributed by atoms with Crippen molar-refractivity contribution < 1.29 is 9.59 Å². The zero-order valence-corrected chi connectivity index (χ0v) is 10.0. The molecule has 1 aliphatic heterocycles. The number of rotatable bonds is 2. The SMILES string of the molecule is O=C1NC(=O)c2c(Sc3ccccn3)cccc21. The van der Waals surface area contributed by atoms with Gasteiger partial charge in [-0.2, -0.15) is 0 Å². The minimum atomic E-state index is -0.339. The Balaban J connectivity index is 2.05. The molecule has 0 aliphatic carbocycles. The van der Waals surface area contributed by atoms with E-state index in [2.05, 4.69) is 10.3 Å². The maximum absolute atomic E-state index is 11.7. The topological polar surface area (TPSA) is 59.1 Å². The maximum Gasteiger partial charge on any atom is 0.260 e. The first kappa shape index (κ1) is 11.0. The Labute approximate surface area is 107 Å². The third-order valence-corrected chi connectivity index (χ3v) is 3.59. The van der Waals surface area contributed by atoms with Crippen molar-refractivity contribution in [1.29, 1.82) is 0 Å². The average molecular weight is 256 g/mol. The zero-order valence-electron chi connectivity index (χ0n) is 9.21. The van der Waals surface area contributed by atoms with Crippen LogP contribution in [0.5, 0.6) is 0 Å². The summed E-state index contributed by atoms with van der Waals surface area (Å²) in [6.45, 7) is 0. The number of amides is 2. The fourth-order valence-electron chi connectivity index (χ4n) is 1.79. The van der Waals surface area contributed by atoms with Crippen molar-refractivity contribution in [2.75, 3.05) is 0 Å². The number of aromatic nitrogens is 1. The second-order valence-corrected chi connectivity index (χ2v) is 4.79. The van der Waals surface area contributed by atoms with Gasteiger partial charge in [-0.15, -0.1) is 0 Å². The van der Waals surface area contributed by atoms with Gasteiger partial charge in [0.15, 0.2) is 0 Å². The summed E-state index contributed by atoms with van der Waals surface area (Å²) in [6, 6.07) is 10.8. The molecule has 1 aliphatic rings. The second-order valence-electron chi connectivity index (χ2n) is 3.73. The van der Waals surface area contributed by atoms with E-state index < -0.39 is 0 Å². The molecule has 0 radical (unpaired) electrons. The monoisotopic (exact) mass is 256 g/mol. The summed E-state index contributed by atoms with van der Waals surface area (Å²) in [5.41, 5.74) is 0.874. The van der Waals surface area contributed by atoms with Crippen molar-refractivity contribution in [2.45, 2.75) is 9.92 Å². The number of hydrogen-bond donors (Lipinski definition) is 1. The normalized spacial score (nSPS) is 13.3. The number of hydrogen-bond acceptors (Lipinski definition) is 4. The van der Waals surface area contributed by atoms with E-state index in [0.29, 0.717) is 11.1 Å². The van der Waals surface area contributed by atoms with Crippen LogP contribution in [-0.4, -0.2) is 16.8 Å². The predicted molar refractivity (Wildman–Crippen MR) is 66.6 cm³/mol. The molecule has 0 fully saturated rings. The summed E-state index contributed by atoms with van der Waals surface area (Å²) >= 11 is 1.37. The molecule has 88 valence electrons. The van der Waals surface area contributed by atoms with E-state index in [-0.39, 0.29) is 11.8 Å². The number of pyridine rings is 1. The van der Waals surface area contributed by atoms with Gasteiger partial charge in [-0.25, -0.2) is 4.98 Å². The van der Waals surface area contributed by atoms with E-state index in [9.17, 15) is 9.59 Å². The molecular weight excluding hydrogens is 248 g/mol. The first-order valence-corrected chi connectivity index (χ1v) is 6.15. The Morgan fingerprint density at radius 2 is 1.89 bits per heavy atom. The molecule has 1 aromatic carbocycles. The van der Waals surface area contributed by atoms with Gasteiger partial charge in [0.1, 0.15) is 5.03 Å². The van der Waals surface area contributed by atoms with Crippen molar-refractivity contribution in [3.8, 4) is 0 Å². The lowest BCUT2D eigenvalue weighted by atomic mass is 10.1. The molecule has 0 unspecified atom stereocenters. The Morgan fingerprint density at radius 1 is 1.00 bits per heavy atom. The molecule has 1 aromatic heterocycles. The summed E-state index contributed by atoms with van der Waals surface area (Å²) in [5, 5.41) is 3.09. The van der Waals surface area contributed by atoms with Crippen molar-refractivity contribution in [3.05, 3.63) is 53.7 Å². The summed E-state index contributed by atoms with van der Waals surface area (Å²) in [7, 11) is 0. The fraction of sp³-hybridized carbons (Fsp3) is 0. The molecule has 0 saturated heterocycles. The largest absolute Gasteiger partial charge is 0.288 e. The van der Waals surface area contributed by atoms with Gasteiger partial charge in [0.2, 0.25) is 0 Å². The standard InChI is InChI=1S/C13H8N2O2S/c16-12-8-4-3-5-9(11(8)13(17)15-12)18-10-6-1-2-7-14-10/h1-7H,(H,15,16,17). The molecule has 0 saturated carbocycles. The lowest BCUT2D eigenvalue weighted by Crippen LogP contribution is -2.20. The summed E-state index contributed by atoms with van der Waals surface area (Å²) in [6.07, 6.45) is 1.69. The molecule has 0 spiro atoms. The Morgan fingerprint density at radius 3 is 2.67 bits per heavy atom. The molecule has 2 amide bonds. The molecule has 0 atom stereocenters. The van der Waals surface area contributed by atoms with Crippen LogP contribution in [-0.2, 0) is 0 Å². The lowest BCUT2D eigenvalue weighted by Gasteiger charge is -2.04. The highest BCUT2D eigenvalue weighted by Crippen LogP contribution is 2.32. The van der Waals surface area contributed by atoms with Crippen LogP contribution in [0.4, 0.5) is 0 Å². The van der Waals surface area contributed by atoms with Crippen LogP contribution in [0.25, 0.3) is 0 Å². The van der Waals surface area contributed by atoms with Gasteiger partial charge in [0, 0.05) is 11.1 Å². The molecule has 5 heteroatoms. The van der Waals surface area contributed by atoms with Crippen LogP contribution in [0, 0.1) is 0 Å². The number of imide groups is 1. The van der Waals surface area contributed by atoms with E-state index >= 15 is 0 Å². The highest BCUT2D eigenvalue weighted by Gasteiger charge is 2.29. The number of nitrogens with zero attached hydrogens (tertiary/aromatic N) is 1. The second kappa shape index (κ2) is 4.27. The highest BCUT2D eigenvalue weighted by atomic mass is 32.2. The molecule has 4 nitrogen and oxygen atoms in total. The predicted octanol–water partition coefficient (Wildman–Crippen LogP) is 2.12. The summed E-state index contributed by atoms with van der Waals surface area (Å²) in [5.74, 6) is -0.674. The third kappa shape index (κ3) is 1.78. The van der Waals surface area contributed by atoms with Gasteiger partial charge < -0.3 is 0 Å². The lowest BCUT2D eigenvalue weighted by molar-refractivity contribution is 0.0879. The average Bonchev–Trinajstić information content (AvgIpc) is 2.67. The number of fused-ring (bicyclic) bond motifs is 1. The molecule has 1 N–H and O–H groups in total. The van der Waals surface area contributed by atoms with Gasteiger partial charge in [-0.3, -0.25) is 14.9 Å². The Kier molecular flexibility index (Phi) is 2.60. The number of benzene rings is 1. The first-order chi connectivity index (χ1) is 8.75. The van der Waals surface area contributed by atoms with E-state index in [0.717, 1.165) is 9.92 Å². The van der Waals surface area contributed by atoms with Crippen LogP contribution in [0.3, 0.4) is 0 Å². The summed E-state index contributed by atoms with van der Waals surface area (Å²) in [4.78, 5) is 28.2. The fourth-order valence-corrected chi connectivity index (χ4v) is 2.73. The van der Waals surface area contributed by atoms with Crippen LogP contribution in [0.2, 0.25) is 0 Å². The molecule has 0 bridgehead atoms. The Bertz CT molecular complexity index is 641. The van der Waals surface area contributed by atoms with E-state index in [4.69, 9.17) is 0 Å². The molecule has 2 heterocycles. The highest BCUT2D eigenvalue weighted by molar-refractivity contribution is 7.99. The van der Waals surface area contributed by atoms with Gasteiger partial charge >= 0.3 is 0 Å². The van der Waals surface area contributed by atoms with Crippen LogP contribution in [0.15, 0.2) is 52.5 Å². The van der Waals surface area contributed by atoms with Crippen LogP contribution < -0.4 is 5.32 Å². The van der Waals surface area contributed by atoms with Crippen LogP contribution in [0.1, 0.15) is 20.7 Å². The van der Waals surface area contributed by atoms with E-state index in [1.54, 1.807) is 18.3 Å². The van der Waals surface area contributed by atoms with Gasteiger partial charge in [-0.05, 0) is 24.3 Å². The third-order valence-electron chi connectivity index (χ3n) is 2.58. The first-order valence-electron chi connectivity index (χ1n) is 5.33.